The molecule has 3 rings (SSSR count). The van der Waals surface area contributed by atoms with Crippen molar-refractivity contribution >= 4 is 15.7 Å². The molecule has 1 aliphatic rings. The smallest absolute Gasteiger partial charge is 0.261 e. The van der Waals surface area contributed by atoms with E-state index >= 15 is 0 Å². The van der Waals surface area contributed by atoms with Gasteiger partial charge in [-0.15, -0.1) is 0 Å². The van der Waals surface area contributed by atoms with Gasteiger partial charge in [0.15, 0.2) is 11.5 Å². The van der Waals surface area contributed by atoms with Crippen molar-refractivity contribution in [3.05, 3.63) is 47.5 Å². The molecule has 1 N–H and O–H groups in total. The lowest BCUT2D eigenvalue weighted by atomic mass is 10.1. The predicted molar refractivity (Wildman–Crippen MR) is 88.8 cm³/mol. The van der Waals surface area contributed by atoms with E-state index in [1.165, 1.54) is 0 Å². The number of nitrogens with one attached hydrogen (secondary N) is 1. The highest BCUT2D eigenvalue weighted by Crippen LogP contribution is 2.33. The molecule has 0 spiro atoms. The van der Waals surface area contributed by atoms with Crippen LogP contribution in [0.2, 0.25) is 0 Å². The maximum Gasteiger partial charge on any atom is 0.261 e. The molecule has 23 heavy (non-hydrogen) atoms. The molecule has 1 heterocycles. The van der Waals surface area contributed by atoms with Crippen LogP contribution in [0.25, 0.3) is 0 Å². The van der Waals surface area contributed by atoms with Crippen molar-refractivity contribution in [1.29, 1.82) is 0 Å². The van der Waals surface area contributed by atoms with E-state index in [1.54, 1.807) is 36.4 Å². The summed E-state index contributed by atoms with van der Waals surface area (Å²) in [7, 11) is -3.63. The van der Waals surface area contributed by atoms with Crippen LogP contribution in [0.5, 0.6) is 11.5 Å². The quantitative estimate of drug-likeness (QED) is 0.936. The lowest BCUT2D eigenvalue weighted by Gasteiger charge is -2.12. The lowest BCUT2D eigenvalue weighted by molar-refractivity contribution is 0.297. The average molecular weight is 333 g/mol. The molecule has 5 nitrogen and oxygen atoms in total. The number of benzene rings is 2. The molecule has 0 radical (unpaired) electrons. The third-order valence-corrected chi connectivity index (χ3v) is 5.17. The Morgan fingerprint density at radius 1 is 0.913 bits per heavy atom. The minimum atomic E-state index is -3.63. The molecule has 0 amide bonds. The molecule has 0 saturated heterocycles. The van der Waals surface area contributed by atoms with Crippen molar-refractivity contribution in [3.8, 4) is 11.5 Å². The molecule has 6 heteroatoms. The Morgan fingerprint density at radius 2 is 1.65 bits per heavy atom. The fourth-order valence-corrected chi connectivity index (χ4v) is 3.46. The van der Waals surface area contributed by atoms with Crippen molar-refractivity contribution in [2.75, 3.05) is 17.9 Å². The first-order chi connectivity index (χ1) is 11.0. The minimum absolute atomic E-state index is 0.243. The second-order valence-electron chi connectivity index (χ2n) is 5.56. The molecule has 2 aromatic carbocycles. The van der Waals surface area contributed by atoms with Gasteiger partial charge in [0.2, 0.25) is 0 Å². The fourth-order valence-electron chi connectivity index (χ4n) is 2.32. The summed E-state index contributed by atoms with van der Waals surface area (Å²) in [6.45, 7) is 4.99. The van der Waals surface area contributed by atoms with Gasteiger partial charge in [-0.2, -0.15) is 0 Å². The Balaban J connectivity index is 1.88. The standard InChI is InChI=1S/C17H19NO4S/c1-12-4-6-15(10-13(12)2)23(19,20)18-14-5-7-16-17(11-14)22-9-3-8-21-16/h4-7,10-11,18H,3,8-9H2,1-2H3. The molecule has 0 fully saturated rings. The van der Waals surface area contributed by atoms with Crippen LogP contribution in [0.3, 0.4) is 0 Å². The van der Waals surface area contributed by atoms with Crippen LogP contribution in [0.15, 0.2) is 41.3 Å². The third kappa shape index (κ3) is 3.42. The topological polar surface area (TPSA) is 64.6 Å². The van der Waals surface area contributed by atoms with E-state index in [0.717, 1.165) is 17.5 Å². The molecule has 122 valence electrons. The highest BCUT2D eigenvalue weighted by Gasteiger charge is 2.17. The van der Waals surface area contributed by atoms with Crippen molar-refractivity contribution in [1.82, 2.24) is 0 Å². The van der Waals surface area contributed by atoms with Crippen LogP contribution in [0.1, 0.15) is 17.5 Å². The lowest BCUT2D eigenvalue weighted by Crippen LogP contribution is -2.13. The zero-order valence-electron chi connectivity index (χ0n) is 13.1. The van der Waals surface area contributed by atoms with Crippen LogP contribution in [-0.4, -0.2) is 21.6 Å². The highest BCUT2D eigenvalue weighted by molar-refractivity contribution is 7.92. The predicted octanol–water partition coefficient (Wildman–Crippen LogP) is 3.27. The Labute approximate surface area is 136 Å². The molecule has 0 aromatic heterocycles. The van der Waals surface area contributed by atoms with Crippen LogP contribution < -0.4 is 14.2 Å². The van der Waals surface area contributed by atoms with E-state index in [2.05, 4.69) is 4.72 Å². The summed E-state index contributed by atoms with van der Waals surface area (Å²) >= 11 is 0. The first-order valence-corrected chi connectivity index (χ1v) is 8.94. The summed E-state index contributed by atoms with van der Waals surface area (Å²) in [4.78, 5) is 0.243. The summed E-state index contributed by atoms with van der Waals surface area (Å²) in [5, 5.41) is 0. The summed E-state index contributed by atoms with van der Waals surface area (Å²) in [5.41, 5.74) is 2.44. The molecular weight excluding hydrogens is 314 g/mol. The normalized spacial score (nSPS) is 14.2. The van der Waals surface area contributed by atoms with Crippen LogP contribution >= 0.6 is 0 Å². The molecule has 0 aliphatic carbocycles. The first kappa shape index (κ1) is 15.7. The van der Waals surface area contributed by atoms with Gasteiger partial charge in [0.25, 0.3) is 10.0 Å². The van der Waals surface area contributed by atoms with Gasteiger partial charge in [-0.25, -0.2) is 8.42 Å². The van der Waals surface area contributed by atoms with E-state index in [9.17, 15) is 8.42 Å². The van der Waals surface area contributed by atoms with Crippen LogP contribution in [0, 0.1) is 13.8 Å². The SMILES string of the molecule is Cc1ccc(S(=O)(=O)Nc2ccc3c(c2)OCCCO3)cc1C. The van der Waals surface area contributed by atoms with Gasteiger partial charge in [0, 0.05) is 12.5 Å². The molecule has 2 aromatic rings. The van der Waals surface area contributed by atoms with E-state index in [-0.39, 0.29) is 4.90 Å². The Bertz CT molecular complexity index is 830. The first-order valence-electron chi connectivity index (χ1n) is 7.45. The van der Waals surface area contributed by atoms with Crippen molar-refractivity contribution in [3.63, 3.8) is 0 Å². The minimum Gasteiger partial charge on any atom is -0.490 e. The van der Waals surface area contributed by atoms with Gasteiger partial charge >= 0.3 is 0 Å². The maximum absolute atomic E-state index is 12.5. The number of hydrogen-bond acceptors (Lipinski definition) is 4. The molecule has 0 unspecified atom stereocenters. The van der Waals surface area contributed by atoms with Crippen molar-refractivity contribution < 1.29 is 17.9 Å². The number of rotatable bonds is 3. The van der Waals surface area contributed by atoms with Gasteiger partial charge in [-0.3, -0.25) is 4.72 Å². The van der Waals surface area contributed by atoms with Gasteiger partial charge in [-0.05, 0) is 49.2 Å². The summed E-state index contributed by atoms with van der Waals surface area (Å²) in [6, 6.07) is 10.1. The second kappa shape index (κ2) is 6.12. The largest absolute Gasteiger partial charge is 0.490 e. The molecule has 1 aliphatic heterocycles. The Kier molecular flexibility index (Phi) is 4.17. The second-order valence-corrected chi connectivity index (χ2v) is 7.25. The number of aryl methyl sites for hydroxylation is 2. The van der Waals surface area contributed by atoms with Gasteiger partial charge in [0.05, 0.1) is 23.8 Å². The number of fused-ring (bicyclic) bond motifs is 1. The van der Waals surface area contributed by atoms with E-state index in [1.807, 2.05) is 13.8 Å². The zero-order chi connectivity index (χ0) is 16.4. The Morgan fingerprint density at radius 3 is 2.39 bits per heavy atom. The van der Waals surface area contributed by atoms with E-state index < -0.39 is 10.0 Å². The number of sulfonamides is 1. The third-order valence-electron chi connectivity index (χ3n) is 3.79. The van der Waals surface area contributed by atoms with Gasteiger partial charge in [-0.1, -0.05) is 6.07 Å². The van der Waals surface area contributed by atoms with Crippen LogP contribution in [-0.2, 0) is 10.0 Å². The summed E-state index contributed by atoms with van der Waals surface area (Å²) in [6.07, 6.45) is 0.804. The Hall–Kier alpha value is -2.21. The molecule has 0 atom stereocenters. The summed E-state index contributed by atoms with van der Waals surface area (Å²) in [5.74, 6) is 1.19. The maximum atomic E-state index is 12.5. The van der Waals surface area contributed by atoms with E-state index in [4.69, 9.17) is 9.47 Å². The van der Waals surface area contributed by atoms with Gasteiger partial charge in [0.1, 0.15) is 0 Å². The molecule has 0 bridgehead atoms. The number of anilines is 1. The fraction of sp³-hybridized carbons (Fsp3) is 0.294. The summed E-state index contributed by atoms with van der Waals surface area (Å²) < 4.78 is 38.8. The highest BCUT2D eigenvalue weighted by atomic mass is 32.2. The molecule has 0 saturated carbocycles. The van der Waals surface area contributed by atoms with Crippen molar-refractivity contribution in [2.45, 2.75) is 25.2 Å². The molecular formula is C17H19NO4S. The monoisotopic (exact) mass is 333 g/mol. The van der Waals surface area contributed by atoms with E-state index in [0.29, 0.717) is 30.4 Å². The zero-order valence-corrected chi connectivity index (χ0v) is 13.9. The average Bonchev–Trinajstić information content (AvgIpc) is 2.74. The van der Waals surface area contributed by atoms with Gasteiger partial charge < -0.3 is 9.47 Å². The number of ether oxygens (including phenoxy) is 2. The van der Waals surface area contributed by atoms with Crippen LogP contribution in [0.4, 0.5) is 5.69 Å². The number of hydrogen-bond donors (Lipinski definition) is 1. The van der Waals surface area contributed by atoms with Crippen molar-refractivity contribution in [2.24, 2.45) is 0 Å².